The van der Waals surface area contributed by atoms with Crippen LogP contribution < -0.4 is 4.40 Å². The van der Waals surface area contributed by atoms with E-state index < -0.39 is 13.3 Å². The number of pyridine rings is 3. The third kappa shape index (κ3) is 9.26. The van der Waals surface area contributed by atoms with Crippen molar-refractivity contribution in [2.24, 2.45) is 11.8 Å². The summed E-state index contributed by atoms with van der Waals surface area (Å²) in [4.78, 5) is 14.0. The van der Waals surface area contributed by atoms with E-state index in [4.69, 9.17) is 9.40 Å². The molecule has 4 heterocycles. The molecule has 1 fully saturated rings. The van der Waals surface area contributed by atoms with Crippen molar-refractivity contribution in [3.8, 4) is 33.6 Å². The van der Waals surface area contributed by atoms with Crippen LogP contribution in [0.3, 0.4) is 0 Å². The van der Waals surface area contributed by atoms with E-state index in [2.05, 4.69) is 121 Å². The number of nitrogens with zero attached hydrogens (tertiary/aromatic N) is 3. The number of furan rings is 1. The summed E-state index contributed by atoms with van der Waals surface area (Å²) in [5, 5.41) is 1.92. The Balaban J connectivity index is 0.000000187. The number of aromatic nitrogens is 3. The van der Waals surface area contributed by atoms with Gasteiger partial charge in [0.15, 0.2) is 5.71 Å². The molecule has 4 nitrogen and oxygen atoms in total. The molecule has 1 aliphatic carbocycles. The van der Waals surface area contributed by atoms with Crippen LogP contribution in [0.15, 0.2) is 108 Å². The van der Waals surface area contributed by atoms with Gasteiger partial charge in [-0.15, -0.1) is 6.07 Å². The molecule has 0 atom stereocenters. The first-order chi connectivity index (χ1) is 25.1. The number of benzene rings is 3. The summed E-state index contributed by atoms with van der Waals surface area (Å²) in [6.45, 7) is 6.59. The van der Waals surface area contributed by atoms with Crippen molar-refractivity contribution in [1.82, 2.24) is 15.0 Å². The van der Waals surface area contributed by atoms with Crippen LogP contribution in [0.2, 0.25) is 17.3 Å². The number of hydrogen-bond acceptors (Lipinski definition) is 4. The van der Waals surface area contributed by atoms with E-state index in [1.54, 1.807) is 16.2 Å². The molecule has 0 N–H and O–H groups in total. The maximum absolute atomic E-state index is 6.04. The molecule has 273 valence electrons. The summed E-state index contributed by atoms with van der Waals surface area (Å²) in [7, 11) is 0. The van der Waals surface area contributed by atoms with E-state index in [-0.39, 0.29) is 20.1 Å². The van der Waals surface area contributed by atoms with Crippen molar-refractivity contribution in [1.29, 1.82) is 0 Å². The van der Waals surface area contributed by atoms with Crippen LogP contribution in [0, 0.1) is 30.9 Å². The largest absolute Gasteiger partial charge is 0 e. The summed E-state index contributed by atoms with van der Waals surface area (Å²) in [6.07, 6.45) is 13.9. The van der Waals surface area contributed by atoms with Crippen LogP contribution in [-0.4, -0.2) is 28.2 Å². The van der Waals surface area contributed by atoms with Gasteiger partial charge in [0.1, 0.15) is 0 Å². The third-order valence-corrected chi connectivity index (χ3v) is 14.6. The predicted octanol–water partition coefficient (Wildman–Crippen LogP) is 11.8. The monoisotopic (exact) mass is 938 g/mol. The average Bonchev–Trinajstić information content (AvgIpc) is 3.80. The number of hydrogen-bond donors (Lipinski definition) is 0. The van der Waals surface area contributed by atoms with Gasteiger partial charge in [-0.05, 0) is 59.2 Å². The fraction of sp³-hybridized carbons (Fsp3) is 0.298. The second-order valence-corrected chi connectivity index (χ2v) is 26.4. The number of rotatable bonds is 8. The van der Waals surface area contributed by atoms with Gasteiger partial charge in [-0.2, -0.15) is 0 Å². The molecule has 1 aliphatic rings. The fourth-order valence-corrected chi connectivity index (χ4v) is 10.8. The quantitative estimate of drug-likeness (QED) is 0.113. The van der Waals surface area contributed by atoms with E-state index in [1.807, 2.05) is 36.5 Å². The first-order valence-electron chi connectivity index (χ1n) is 18.8. The minimum absolute atomic E-state index is 0. The Morgan fingerprint density at radius 3 is 2.21 bits per heavy atom. The van der Waals surface area contributed by atoms with Crippen LogP contribution in [0.4, 0.5) is 0 Å². The summed E-state index contributed by atoms with van der Waals surface area (Å²) in [5.41, 5.74) is 11.8. The SMILES string of the molecule is Cc1cnc(-c2[c-]c3c(nc2)oc2cc(-c4ccccc4)ccc23)cc1CC(C)C.[CH3][Ge]([CH3])([CH3])[c]1cnc(-c2[c-]cccc2)cc1CC1CCCC1.[Ir]. The molecule has 53 heavy (non-hydrogen) atoms. The van der Waals surface area contributed by atoms with Crippen LogP contribution in [0.1, 0.15) is 56.2 Å². The molecule has 0 bridgehead atoms. The van der Waals surface area contributed by atoms with Gasteiger partial charge in [-0.1, -0.05) is 73.3 Å². The molecule has 0 amide bonds. The molecule has 8 rings (SSSR count). The molecular weight excluding hydrogens is 887 g/mol. The molecule has 3 aromatic carbocycles. The molecule has 1 radical (unpaired) electrons. The van der Waals surface area contributed by atoms with E-state index >= 15 is 0 Å². The maximum atomic E-state index is 6.04. The molecule has 0 spiro atoms. The summed E-state index contributed by atoms with van der Waals surface area (Å²) in [6, 6.07) is 36.1. The van der Waals surface area contributed by atoms with Crippen LogP contribution >= 0.6 is 0 Å². The zero-order valence-corrected chi connectivity index (χ0v) is 36.3. The Kier molecular flexibility index (Phi) is 12.5. The molecule has 4 aromatic heterocycles. The predicted molar refractivity (Wildman–Crippen MR) is 219 cm³/mol. The number of aryl methyl sites for hydroxylation is 1. The second kappa shape index (κ2) is 17.1. The standard InChI is InChI=1S/C27H23N2O.C20H26GeN.Ir/c1-17(2)11-21-13-25(28-15-18(21)3)22-12-24-23-10-9-20(19-7-5-4-6-8-19)14-26(23)30-27(24)29-16-22;1-21(2,3)19-15-22-20(17-11-5-4-6-12-17)14-18(19)13-16-9-7-8-10-16;/h4-10,13-17H,11H2,1-3H3;4-6,11,14-16H,7-10,13H2,1-3H3;/q2*-1;. The topological polar surface area (TPSA) is 51.8 Å². The molecule has 0 unspecified atom stereocenters. The van der Waals surface area contributed by atoms with Crippen LogP contribution in [0.25, 0.3) is 55.7 Å². The van der Waals surface area contributed by atoms with Crippen molar-refractivity contribution in [2.75, 3.05) is 0 Å². The van der Waals surface area contributed by atoms with Crippen molar-refractivity contribution in [3.05, 3.63) is 132 Å². The molecule has 7 aromatic rings. The van der Waals surface area contributed by atoms with Gasteiger partial charge in [-0.25, -0.2) is 0 Å². The first-order valence-corrected chi connectivity index (χ1v) is 26.2. The Bertz CT molecular complexity index is 2290. The van der Waals surface area contributed by atoms with Gasteiger partial charge in [0, 0.05) is 32.0 Å². The van der Waals surface area contributed by atoms with Gasteiger partial charge >= 0.3 is 137 Å². The van der Waals surface area contributed by atoms with Crippen LogP contribution in [0.5, 0.6) is 0 Å². The zero-order valence-electron chi connectivity index (χ0n) is 31.8. The van der Waals surface area contributed by atoms with Crippen molar-refractivity contribution >= 4 is 39.7 Å². The zero-order chi connectivity index (χ0) is 36.2. The van der Waals surface area contributed by atoms with Crippen molar-refractivity contribution in [2.45, 2.75) is 76.6 Å². The summed E-state index contributed by atoms with van der Waals surface area (Å²) in [5.74, 6) is 8.91. The smallest absolute Gasteiger partial charge is 0 e. The van der Waals surface area contributed by atoms with Gasteiger partial charge in [0.2, 0.25) is 0 Å². The van der Waals surface area contributed by atoms with E-state index in [9.17, 15) is 0 Å². The first kappa shape index (κ1) is 38.8. The Labute approximate surface area is 331 Å². The Morgan fingerprint density at radius 1 is 0.774 bits per heavy atom. The third-order valence-electron chi connectivity index (χ3n) is 10.2. The van der Waals surface area contributed by atoms with Crippen LogP contribution in [-0.2, 0) is 32.9 Å². The normalized spacial score (nSPS) is 13.3. The maximum Gasteiger partial charge on any atom is 0 e. The summed E-state index contributed by atoms with van der Waals surface area (Å²) >= 11 is -1.87. The minimum atomic E-state index is -1.87. The van der Waals surface area contributed by atoms with Crippen molar-refractivity contribution in [3.63, 3.8) is 0 Å². The van der Waals surface area contributed by atoms with Gasteiger partial charge < -0.3 is 9.40 Å². The van der Waals surface area contributed by atoms with E-state index in [0.717, 1.165) is 56.8 Å². The second-order valence-electron chi connectivity index (χ2n) is 15.9. The van der Waals surface area contributed by atoms with Gasteiger partial charge in [-0.3, -0.25) is 4.98 Å². The molecule has 0 saturated heterocycles. The fourth-order valence-electron chi connectivity index (χ4n) is 7.47. The Morgan fingerprint density at radius 2 is 1.49 bits per heavy atom. The average molecular weight is 937 g/mol. The number of fused-ring (bicyclic) bond motifs is 3. The van der Waals surface area contributed by atoms with Gasteiger partial charge in [0.25, 0.3) is 0 Å². The van der Waals surface area contributed by atoms with E-state index in [0.29, 0.717) is 11.6 Å². The molecular formula is C47H49GeIrN3O-2. The van der Waals surface area contributed by atoms with Gasteiger partial charge in [0.05, 0.1) is 5.58 Å². The molecule has 1 saturated carbocycles. The molecule has 6 heteroatoms. The van der Waals surface area contributed by atoms with E-state index in [1.165, 1.54) is 48.8 Å². The Hall–Kier alpha value is -3.90. The minimum Gasteiger partial charge on any atom is 0 e. The molecule has 0 aliphatic heterocycles. The summed E-state index contributed by atoms with van der Waals surface area (Å²) < 4.78 is 7.63. The van der Waals surface area contributed by atoms with Crippen molar-refractivity contribution < 1.29 is 24.5 Å².